The summed E-state index contributed by atoms with van der Waals surface area (Å²) in [4.78, 5) is 11.1. The van der Waals surface area contributed by atoms with Gasteiger partial charge < -0.3 is 10.1 Å². The van der Waals surface area contributed by atoms with Crippen molar-refractivity contribution in [2.24, 2.45) is 0 Å². The van der Waals surface area contributed by atoms with Gasteiger partial charge in [-0.25, -0.2) is 0 Å². The molecule has 0 aliphatic rings. The molecule has 84 valence electrons. The van der Waals surface area contributed by atoms with Gasteiger partial charge in [0.05, 0.1) is 12.6 Å². The van der Waals surface area contributed by atoms with Gasteiger partial charge in [0, 0.05) is 11.3 Å². The number of rotatable bonds is 6. The molecule has 0 aliphatic heterocycles. The molecule has 0 bridgehead atoms. The third kappa shape index (κ3) is 7.21. The highest BCUT2D eigenvalue weighted by Gasteiger charge is 2.15. The predicted octanol–water partition coefficient (Wildman–Crippen LogP) is 1.67. The zero-order valence-corrected chi connectivity index (χ0v) is 10.5. The van der Waals surface area contributed by atoms with Gasteiger partial charge in [0.1, 0.15) is 0 Å². The molecule has 0 radical (unpaired) electrons. The van der Waals surface area contributed by atoms with Crippen LogP contribution in [0, 0.1) is 0 Å². The lowest BCUT2D eigenvalue weighted by Gasteiger charge is -2.22. The van der Waals surface area contributed by atoms with Crippen LogP contribution in [0.1, 0.15) is 27.7 Å². The van der Waals surface area contributed by atoms with E-state index in [2.05, 4.69) is 25.4 Å². The molecule has 0 amide bonds. The molecule has 0 saturated carbocycles. The zero-order valence-electron chi connectivity index (χ0n) is 9.72. The Morgan fingerprint density at radius 3 is 2.50 bits per heavy atom. The van der Waals surface area contributed by atoms with Crippen LogP contribution in [0.4, 0.5) is 0 Å². The van der Waals surface area contributed by atoms with Crippen molar-refractivity contribution in [1.82, 2.24) is 5.32 Å². The Kier molecular flexibility index (Phi) is 6.20. The molecule has 0 saturated heterocycles. The standard InChI is InChI=1S/C10H21NO2S/c1-8(2)13-9(12)6-11-7-10(3,4)14-5/h8,11H,6-7H2,1-5H3. The minimum atomic E-state index is -0.183. The van der Waals surface area contributed by atoms with Crippen LogP contribution < -0.4 is 5.32 Å². The van der Waals surface area contributed by atoms with Crippen LogP contribution in [0.15, 0.2) is 0 Å². The summed E-state index contributed by atoms with van der Waals surface area (Å²) in [5.74, 6) is -0.183. The smallest absolute Gasteiger partial charge is 0.320 e. The fourth-order valence-corrected chi connectivity index (χ4v) is 1.09. The maximum atomic E-state index is 11.1. The van der Waals surface area contributed by atoms with Gasteiger partial charge in [0.15, 0.2) is 0 Å². The summed E-state index contributed by atoms with van der Waals surface area (Å²) in [5, 5.41) is 3.09. The molecule has 0 unspecified atom stereocenters. The fourth-order valence-electron chi connectivity index (χ4n) is 0.842. The number of carbonyl (C=O) groups excluding carboxylic acids is 1. The van der Waals surface area contributed by atoms with E-state index in [1.165, 1.54) is 0 Å². The van der Waals surface area contributed by atoms with E-state index < -0.39 is 0 Å². The highest BCUT2D eigenvalue weighted by Crippen LogP contribution is 2.19. The van der Waals surface area contributed by atoms with Crippen LogP contribution in [-0.4, -0.2) is 36.2 Å². The maximum absolute atomic E-state index is 11.1. The highest BCUT2D eigenvalue weighted by atomic mass is 32.2. The Hall–Kier alpha value is -0.220. The van der Waals surface area contributed by atoms with Crippen LogP contribution in [0.2, 0.25) is 0 Å². The molecule has 0 aliphatic carbocycles. The minimum Gasteiger partial charge on any atom is -0.462 e. The third-order valence-electron chi connectivity index (χ3n) is 1.74. The van der Waals surface area contributed by atoms with Crippen LogP contribution in [0.3, 0.4) is 0 Å². The van der Waals surface area contributed by atoms with Gasteiger partial charge in [-0.05, 0) is 34.0 Å². The second-order valence-electron chi connectivity index (χ2n) is 4.11. The molecule has 0 spiro atoms. The van der Waals surface area contributed by atoms with Crippen LogP contribution in [0.25, 0.3) is 0 Å². The van der Waals surface area contributed by atoms with E-state index >= 15 is 0 Å². The summed E-state index contributed by atoms with van der Waals surface area (Å²) in [5.41, 5.74) is 0. The first kappa shape index (κ1) is 13.8. The van der Waals surface area contributed by atoms with Crippen molar-refractivity contribution in [2.75, 3.05) is 19.3 Å². The summed E-state index contributed by atoms with van der Waals surface area (Å²) in [6, 6.07) is 0. The summed E-state index contributed by atoms with van der Waals surface area (Å²) in [6.45, 7) is 9.08. The van der Waals surface area contributed by atoms with E-state index in [0.29, 0.717) is 6.54 Å². The van der Waals surface area contributed by atoms with Gasteiger partial charge in [0.2, 0.25) is 0 Å². The Labute approximate surface area is 91.0 Å². The average molecular weight is 219 g/mol. The van der Waals surface area contributed by atoms with Gasteiger partial charge >= 0.3 is 5.97 Å². The van der Waals surface area contributed by atoms with Crippen molar-refractivity contribution in [1.29, 1.82) is 0 Å². The molecular weight excluding hydrogens is 198 g/mol. The SMILES string of the molecule is CSC(C)(C)CNCC(=O)OC(C)C. The van der Waals surface area contributed by atoms with Crippen molar-refractivity contribution in [3.05, 3.63) is 0 Å². The molecule has 0 aromatic carbocycles. The lowest BCUT2D eigenvalue weighted by Crippen LogP contribution is -2.36. The summed E-state index contributed by atoms with van der Waals surface area (Å²) < 4.78 is 5.16. The average Bonchev–Trinajstić information content (AvgIpc) is 2.02. The van der Waals surface area contributed by atoms with Gasteiger partial charge in [-0.2, -0.15) is 11.8 Å². The van der Waals surface area contributed by atoms with Crippen molar-refractivity contribution in [3.8, 4) is 0 Å². The number of hydrogen-bond acceptors (Lipinski definition) is 4. The largest absolute Gasteiger partial charge is 0.462 e. The second kappa shape index (κ2) is 6.30. The van der Waals surface area contributed by atoms with Crippen molar-refractivity contribution in [2.45, 2.75) is 38.5 Å². The number of thioether (sulfide) groups is 1. The predicted molar refractivity (Wildman–Crippen MR) is 61.7 cm³/mol. The lowest BCUT2D eigenvalue weighted by molar-refractivity contribution is -0.146. The van der Waals surface area contributed by atoms with Gasteiger partial charge in [-0.1, -0.05) is 0 Å². The Morgan fingerprint density at radius 2 is 2.07 bits per heavy atom. The zero-order chi connectivity index (χ0) is 11.2. The Bertz CT molecular complexity index is 181. The second-order valence-corrected chi connectivity index (χ2v) is 5.62. The number of esters is 1. The number of nitrogens with one attached hydrogen (secondary N) is 1. The summed E-state index contributed by atoms with van der Waals surface area (Å²) >= 11 is 1.78. The molecule has 1 N–H and O–H groups in total. The van der Waals surface area contributed by atoms with Gasteiger partial charge in [-0.3, -0.25) is 4.79 Å². The van der Waals surface area contributed by atoms with Crippen molar-refractivity contribution >= 4 is 17.7 Å². The van der Waals surface area contributed by atoms with Gasteiger partial charge in [0.25, 0.3) is 0 Å². The molecule has 0 rings (SSSR count). The van der Waals surface area contributed by atoms with Crippen LogP contribution in [0.5, 0.6) is 0 Å². The van der Waals surface area contributed by atoms with E-state index in [1.54, 1.807) is 11.8 Å². The van der Waals surface area contributed by atoms with E-state index in [0.717, 1.165) is 6.54 Å². The Morgan fingerprint density at radius 1 is 1.50 bits per heavy atom. The molecular formula is C10H21NO2S. The number of ether oxygens (including phenoxy) is 1. The Balaban J connectivity index is 3.59. The lowest BCUT2D eigenvalue weighted by atomic mass is 10.2. The minimum absolute atomic E-state index is 0.0298. The maximum Gasteiger partial charge on any atom is 0.320 e. The first-order valence-corrected chi connectivity index (χ1v) is 6.05. The summed E-state index contributed by atoms with van der Waals surface area (Å²) in [6.07, 6.45) is 2.03. The molecule has 0 atom stereocenters. The summed E-state index contributed by atoms with van der Waals surface area (Å²) in [7, 11) is 0. The van der Waals surface area contributed by atoms with Crippen molar-refractivity contribution in [3.63, 3.8) is 0 Å². The number of hydrogen-bond donors (Lipinski definition) is 1. The molecule has 3 nitrogen and oxygen atoms in total. The molecule has 0 fully saturated rings. The third-order valence-corrected chi connectivity index (χ3v) is 2.99. The highest BCUT2D eigenvalue weighted by molar-refractivity contribution is 7.99. The van der Waals surface area contributed by atoms with E-state index in [1.807, 2.05) is 13.8 Å². The van der Waals surface area contributed by atoms with Crippen LogP contribution in [-0.2, 0) is 9.53 Å². The molecule has 0 aromatic heterocycles. The molecule has 0 aromatic rings. The monoisotopic (exact) mass is 219 g/mol. The van der Waals surface area contributed by atoms with E-state index in [-0.39, 0.29) is 16.8 Å². The quantitative estimate of drug-likeness (QED) is 0.690. The first-order chi connectivity index (χ1) is 6.37. The topological polar surface area (TPSA) is 38.3 Å². The van der Waals surface area contributed by atoms with Crippen molar-refractivity contribution < 1.29 is 9.53 Å². The normalized spacial score (nSPS) is 11.9. The van der Waals surface area contributed by atoms with E-state index in [4.69, 9.17) is 4.74 Å². The van der Waals surface area contributed by atoms with E-state index in [9.17, 15) is 4.79 Å². The molecule has 4 heteroatoms. The van der Waals surface area contributed by atoms with Crippen LogP contribution >= 0.6 is 11.8 Å². The molecule has 0 heterocycles. The molecule has 14 heavy (non-hydrogen) atoms. The first-order valence-electron chi connectivity index (χ1n) is 4.83. The van der Waals surface area contributed by atoms with Gasteiger partial charge in [-0.15, -0.1) is 0 Å². The number of carbonyl (C=O) groups is 1. The fraction of sp³-hybridized carbons (Fsp3) is 0.900.